The fourth-order valence-electron chi connectivity index (χ4n) is 2.68. The molecule has 6 heteroatoms. The standard InChI is InChI=1S/C16H18F3N3/c1-12(13-5-3-2-4-6-13)21-14-7-10-22(11-20-14)15(8-9-15)16(17,18)19/h2-7,10,12H,8-9,11H2,1H3,(H,20,21). The van der Waals surface area contributed by atoms with Gasteiger partial charge in [-0.05, 0) is 31.4 Å². The van der Waals surface area contributed by atoms with Gasteiger partial charge in [0.05, 0.1) is 0 Å². The highest BCUT2D eigenvalue weighted by atomic mass is 19.4. The molecule has 0 aromatic heterocycles. The van der Waals surface area contributed by atoms with E-state index in [0.717, 1.165) is 5.56 Å². The van der Waals surface area contributed by atoms with Crippen molar-refractivity contribution in [2.24, 2.45) is 4.99 Å². The number of alkyl halides is 3. The van der Waals surface area contributed by atoms with Gasteiger partial charge in [-0.15, -0.1) is 0 Å². The number of rotatable bonds is 3. The highest BCUT2D eigenvalue weighted by molar-refractivity contribution is 5.93. The van der Waals surface area contributed by atoms with Crippen LogP contribution in [0.5, 0.6) is 0 Å². The number of halogens is 3. The van der Waals surface area contributed by atoms with Crippen molar-refractivity contribution in [3.05, 3.63) is 48.2 Å². The van der Waals surface area contributed by atoms with E-state index >= 15 is 0 Å². The molecule has 22 heavy (non-hydrogen) atoms. The monoisotopic (exact) mass is 309 g/mol. The Morgan fingerprint density at radius 3 is 2.41 bits per heavy atom. The Bertz CT molecular complexity index is 588. The number of nitrogens with one attached hydrogen (secondary N) is 1. The molecule has 1 aromatic carbocycles. The van der Waals surface area contributed by atoms with Crippen molar-refractivity contribution < 1.29 is 13.2 Å². The second-order valence-corrected chi connectivity index (χ2v) is 5.78. The van der Waals surface area contributed by atoms with E-state index in [1.165, 1.54) is 11.1 Å². The van der Waals surface area contributed by atoms with E-state index in [1.807, 2.05) is 37.3 Å². The molecule has 1 aliphatic heterocycles. The lowest BCUT2D eigenvalue weighted by Gasteiger charge is -2.33. The van der Waals surface area contributed by atoms with Crippen molar-refractivity contribution in [2.45, 2.75) is 37.5 Å². The summed E-state index contributed by atoms with van der Waals surface area (Å²) in [6, 6.07) is 9.90. The zero-order valence-corrected chi connectivity index (χ0v) is 12.3. The van der Waals surface area contributed by atoms with E-state index in [9.17, 15) is 13.2 Å². The van der Waals surface area contributed by atoms with Crippen LogP contribution in [0, 0.1) is 0 Å². The molecule has 0 amide bonds. The third kappa shape index (κ3) is 2.69. The first kappa shape index (κ1) is 14.9. The van der Waals surface area contributed by atoms with Gasteiger partial charge in [0.1, 0.15) is 18.0 Å². The van der Waals surface area contributed by atoms with Gasteiger partial charge in [-0.3, -0.25) is 0 Å². The molecule has 118 valence electrons. The Hall–Kier alpha value is -1.98. The van der Waals surface area contributed by atoms with Crippen molar-refractivity contribution in [1.29, 1.82) is 0 Å². The lowest BCUT2D eigenvalue weighted by molar-refractivity contribution is -0.188. The molecule has 3 rings (SSSR count). The molecule has 1 atom stereocenters. The van der Waals surface area contributed by atoms with E-state index in [2.05, 4.69) is 10.3 Å². The minimum Gasteiger partial charge on any atom is -0.364 e. The number of hydrogen-bond acceptors (Lipinski definition) is 3. The van der Waals surface area contributed by atoms with Gasteiger partial charge < -0.3 is 10.2 Å². The molecule has 0 saturated heterocycles. The van der Waals surface area contributed by atoms with Gasteiger partial charge in [-0.2, -0.15) is 13.2 Å². The van der Waals surface area contributed by atoms with Gasteiger partial charge in [-0.1, -0.05) is 30.3 Å². The van der Waals surface area contributed by atoms with Crippen molar-refractivity contribution >= 4 is 5.84 Å². The van der Waals surface area contributed by atoms with E-state index in [0.29, 0.717) is 5.84 Å². The van der Waals surface area contributed by atoms with Gasteiger partial charge in [-0.25, -0.2) is 4.99 Å². The Morgan fingerprint density at radius 2 is 1.91 bits per heavy atom. The van der Waals surface area contributed by atoms with Crippen molar-refractivity contribution in [3.8, 4) is 0 Å². The Labute approximate surface area is 127 Å². The first-order chi connectivity index (χ1) is 10.4. The maximum Gasteiger partial charge on any atom is 0.411 e. The average molecular weight is 309 g/mol. The molecule has 1 fully saturated rings. The molecule has 3 nitrogen and oxygen atoms in total. The molecule has 1 unspecified atom stereocenters. The lowest BCUT2D eigenvalue weighted by atomic mass is 10.1. The minimum absolute atomic E-state index is 0.0415. The molecule has 0 spiro atoms. The predicted octanol–water partition coefficient (Wildman–Crippen LogP) is 3.62. The first-order valence-corrected chi connectivity index (χ1v) is 7.30. The molecule has 0 radical (unpaired) electrons. The van der Waals surface area contributed by atoms with Gasteiger partial charge in [0, 0.05) is 12.2 Å². The maximum atomic E-state index is 13.1. The molecule has 1 saturated carbocycles. The van der Waals surface area contributed by atoms with Gasteiger partial charge in [0.15, 0.2) is 0 Å². The number of benzene rings is 1. The SMILES string of the molecule is CC(NC1=NCN(C2(C(F)(F)F)CC2)C=C1)c1ccccc1. The summed E-state index contributed by atoms with van der Waals surface area (Å²) in [7, 11) is 0. The highest BCUT2D eigenvalue weighted by Gasteiger charge is 2.66. The average Bonchev–Trinajstić information content (AvgIpc) is 3.30. The molecular weight excluding hydrogens is 291 g/mol. The summed E-state index contributed by atoms with van der Waals surface area (Å²) in [5.74, 6) is 0.616. The third-order valence-corrected chi connectivity index (χ3v) is 4.27. The van der Waals surface area contributed by atoms with E-state index in [1.54, 1.807) is 6.08 Å². The molecule has 1 heterocycles. The fourth-order valence-corrected chi connectivity index (χ4v) is 2.68. The second-order valence-electron chi connectivity index (χ2n) is 5.78. The third-order valence-electron chi connectivity index (χ3n) is 4.27. The summed E-state index contributed by atoms with van der Waals surface area (Å²) in [5, 5.41) is 3.22. The van der Waals surface area contributed by atoms with Gasteiger partial charge in [0.25, 0.3) is 0 Å². The van der Waals surface area contributed by atoms with E-state index in [4.69, 9.17) is 0 Å². The zero-order valence-electron chi connectivity index (χ0n) is 12.3. The Morgan fingerprint density at radius 1 is 1.23 bits per heavy atom. The lowest BCUT2D eigenvalue weighted by Crippen LogP contribution is -2.47. The van der Waals surface area contributed by atoms with Crippen LogP contribution in [0.15, 0.2) is 47.6 Å². The summed E-state index contributed by atoms with van der Waals surface area (Å²) in [6.07, 6.45) is -0.767. The summed E-state index contributed by atoms with van der Waals surface area (Å²) in [6.45, 7) is 2.04. The highest BCUT2D eigenvalue weighted by Crippen LogP contribution is 2.53. The molecule has 1 aliphatic carbocycles. The Kier molecular flexibility index (Phi) is 3.62. The first-order valence-electron chi connectivity index (χ1n) is 7.30. The van der Waals surface area contributed by atoms with Crippen molar-refractivity contribution in [2.75, 3.05) is 6.67 Å². The summed E-state index contributed by atoms with van der Waals surface area (Å²) in [4.78, 5) is 5.54. The number of amidine groups is 1. The quantitative estimate of drug-likeness (QED) is 0.923. The van der Waals surface area contributed by atoms with Crippen LogP contribution in [0.4, 0.5) is 13.2 Å². The van der Waals surface area contributed by atoms with Crippen LogP contribution < -0.4 is 5.32 Å². The van der Waals surface area contributed by atoms with Crippen LogP contribution in [0.2, 0.25) is 0 Å². The number of hydrogen-bond donors (Lipinski definition) is 1. The van der Waals surface area contributed by atoms with E-state index < -0.39 is 11.7 Å². The van der Waals surface area contributed by atoms with Crippen LogP contribution in [0.3, 0.4) is 0 Å². The number of aliphatic imine (C=N–C) groups is 1. The predicted molar refractivity (Wildman–Crippen MR) is 79.3 cm³/mol. The van der Waals surface area contributed by atoms with Gasteiger partial charge >= 0.3 is 6.18 Å². The molecule has 1 N–H and O–H groups in total. The fraction of sp³-hybridized carbons (Fsp3) is 0.438. The summed E-state index contributed by atoms with van der Waals surface area (Å²) in [5.41, 5.74) is -0.584. The van der Waals surface area contributed by atoms with Gasteiger partial charge in [0.2, 0.25) is 0 Å². The second kappa shape index (κ2) is 5.34. The molecule has 2 aliphatic rings. The maximum absolute atomic E-state index is 13.1. The van der Waals surface area contributed by atoms with Crippen LogP contribution in [0.25, 0.3) is 0 Å². The normalized spacial score (nSPS) is 21.3. The van der Waals surface area contributed by atoms with Crippen molar-refractivity contribution in [1.82, 2.24) is 10.2 Å². The van der Waals surface area contributed by atoms with Crippen molar-refractivity contribution in [3.63, 3.8) is 0 Å². The van der Waals surface area contributed by atoms with E-state index in [-0.39, 0.29) is 25.6 Å². The Balaban J connectivity index is 1.62. The van der Waals surface area contributed by atoms with Crippen LogP contribution in [-0.4, -0.2) is 29.1 Å². The topological polar surface area (TPSA) is 27.6 Å². The molecule has 0 bridgehead atoms. The summed E-state index contributed by atoms with van der Waals surface area (Å²) >= 11 is 0. The molecule has 1 aromatic rings. The largest absolute Gasteiger partial charge is 0.411 e. The van der Waals surface area contributed by atoms with Crippen LogP contribution in [0.1, 0.15) is 31.4 Å². The summed E-state index contributed by atoms with van der Waals surface area (Å²) < 4.78 is 39.2. The zero-order chi connectivity index (χ0) is 15.8. The molecular formula is C16H18F3N3. The number of nitrogens with zero attached hydrogens (tertiary/aromatic N) is 2. The smallest absolute Gasteiger partial charge is 0.364 e. The van der Waals surface area contributed by atoms with Crippen LogP contribution in [-0.2, 0) is 0 Å². The minimum atomic E-state index is -4.20. The van der Waals surface area contributed by atoms with Crippen LogP contribution >= 0.6 is 0 Å².